The minimum atomic E-state index is -4.74. The molecule has 34 heavy (non-hydrogen) atoms. The number of alkyl halides is 3. The van der Waals surface area contributed by atoms with Crippen LogP contribution in [0.3, 0.4) is 0 Å². The number of pyridine rings is 2. The van der Waals surface area contributed by atoms with Crippen molar-refractivity contribution in [2.24, 2.45) is 7.05 Å². The van der Waals surface area contributed by atoms with Crippen molar-refractivity contribution in [3.05, 3.63) is 57.0 Å². The molecule has 0 amide bonds. The van der Waals surface area contributed by atoms with Crippen molar-refractivity contribution in [2.45, 2.75) is 31.2 Å². The van der Waals surface area contributed by atoms with Gasteiger partial charge >= 0.3 is 6.36 Å². The number of ether oxygens (including phenoxy) is 1. The molecule has 4 heterocycles. The summed E-state index contributed by atoms with van der Waals surface area (Å²) in [7, 11) is 1.59. The van der Waals surface area contributed by atoms with Crippen molar-refractivity contribution in [3.63, 3.8) is 0 Å². The second kappa shape index (κ2) is 7.81. The zero-order valence-electron chi connectivity index (χ0n) is 18.0. The molecular weight excluding hydrogens is 471 g/mol. The monoisotopic (exact) mass is 489 g/mol. The molecule has 1 fully saturated rings. The molecule has 0 saturated carbocycles. The van der Waals surface area contributed by atoms with E-state index in [9.17, 15) is 23.2 Å². The summed E-state index contributed by atoms with van der Waals surface area (Å²) in [5, 5.41) is 13.5. The van der Waals surface area contributed by atoms with Crippen LogP contribution in [0.15, 0.2) is 35.1 Å². The average Bonchev–Trinajstić information content (AvgIpc) is 3.12. The van der Waals surface area contributed by atoms with Gasteiger partial charge in [-0.1, -0.05) is 11.6 Å². The Hall–Kier alpha value is -3.45. The largest absolute Gasteiger partial charge is 0.573 e. The third kappa shape index (κ3) is 3.80. The fourth-order valence-electron chi connectivity index (χ4n) is 4.97. The van der Waals surface area contributed by atoms with Gasteiger partial charge in [-0.3, -0.25) is 4.79 Å². The van der Waals surface area contributed by atoms with Crippen LogP contribution in [0.2, 0.25) is 5.15 Å². The number of nitrogens with zero attached hydrogens (tertiary/aromatic N) is 4. The van der Waals surface area contributed by atoms with Gasteiger partial charge < -0.3 is 19.5 Å². The SMILES string of the molecule is Cn1c(=O)c(C#N)c(N2CCC3(CC2)Cc2cc(OC(F)(F)F)ccc2N3)c2nc(Cl)ccc21. The predicted molar refractivity (Wildman–Crippen MR) is 121 cm³/mol. The number of benzene rings is 1. The van der Waals surface area contributed by atoms with Gasteiger partial charge in [0.1, 0.15) is 28.1 Å². The van der Waals surface area contributed by atoms with Crippen LogP contribution in [0.4, 0.5) is 24.5 Å². The number of nitrogens with one attached hydrogen (secondary N) is 1. The van der Waals surface area contributed by atoms with E-state index in [1.807, 2.05) is 11.0 Å². The zero-order chi connectivity index (χ0) is 24.3. The van der Waals surface area contributed by atoms with E-state index in [1.165, 1.54) is 16.7 Å². The number of hydrogen-bond acceptors (Lipinski definition) is 6. The molecule has 2 aromatic heterocycles. The van der Waals surface area contributed by atoms with Gasteiger partial charge in [0.15, 0.2) is 0 Å². The number of halogens is 4. The maximum Gasteiger partial charge on any atom is 0.573 e. The third-order valence-electron chi connectivity index (χ3n) is 6.57. The fourth-order valence-corrected chi connectivity index (χ4v) is 5.12. The molecule has 1 spiro atoms. The minimum absolute atomic E-state index is 0.0114. The Morgan fingerprint density at radius 2 is 1.97 bits per heavy atom. The van der Waals surface area contributed by atoms with E-state index in [2.05, 4.69) is 15.0 Å². The van der Waals surface area contributed by atoms with E-state index in [0.29, 0.717) is 49.1 Å². The normalized spacial score (nSPS) is 16.9. The Morgan fingerprint density at radius 1 is 1.24 bits per heavy atom. The summed E-state index contributed by atoms with van der Waals surface area (Å²) in [6, 6.07) is 9.66. The number of piperidine rings is 1. The Balaban J connectivity index is 1.43. The van der Waals surface area contributed by atoms with Gasteiger partial charge in [-0.05, 0) is 55.2 Å². The highest BCUT2D eigenvalue weighted by Crippen LogP contribution is 2.42. The number of fused-ring (bicyclic) bond motifs is 2. The van der Waals surface area contributed by atoms with Crippen LogP contribution in [-0.2, 0) is 13.5 Å². The van der Waals surface area contributed by atoms with Crippen LogP contribution in [0, 0.1) is 11.3 Å². The van der Waals surface area contributed by atoms with Crippen molar-refractivity contribution >= 4 is 34.0 Å². The first kappa shape index (κ1) is 22.3. The molecule has 7 nitrogen and oxygen atoms in total. The second-order valence-corrected chi connectivity index (χ2v) is 9.02. The lowest BCUT2D eigenvalue weighted by atomic mass is 9.84. The van der Waals surface area contributed by atoms with E-state index in [1.54, 1.807) is 25.2 Å². The maximum atomic E-state index is 12.8. The summed E-state index contributed by atoms with van der Waals surface area (Å²) in [4.78, 5) is 19.2. The van der Waals surface area contributed by atoms with Gasteiger partial charge in [0.05, 0.1) is 11.2 Å². The molecule has 5 rings (SSSR count). The summed E-state index contributed by atoms with van der Waals surface area (Å²) in [5.41, 5.74) is 2.35. The van der Waals surface area contributed by atoms with Crippen LogP contribution >= 0.6 is 11.6 Å². The predicted octanol–water partition coefficient (Wildman–Crippen LogP) is 4.36. The highest BCUT2D eigenvalue weighted by molar-refractivity contribution is 6.29. The highest BCUT2D eigenvalue weighted by atomic mass is 35.5. The molecule has 0 radical (unpaired) electrons. The lowest BCUT2D eigenvalue weighted by Crippen LogP contribution is -2.49. The molecule has 1 N–H and O–H groups in total. The molecule has 0 aliphatic carbocycles. The highest BCUT2D eigenvalue weighted by Gasteiger charge is 2.41. The second-order valence-electron chi connectivity index (χ2n) is 8.64. The Morgan fingerprint density at radius 3 is 2.65 bits per heavy atom. The maximum absolute atomic E-state index is 12.8. The first-order chi connectivity index (χ1) is 16.1. The number of anilines is 2. The number of aromatic nitrogens is 2. The number of nitriles is 1. The summed E-state index contributed by atoms with van der Waals surface area (Å²) < 4.78 is 43.2. The van der Waals surface area contributed by atoms with Crippen molar-refractivity contribution in [2.75, 3.05) is 23.3 Å². The van der Waals surface area contributed by atoms with Gasteiger partial charge in [0.2, 0.25) is 0 Å². The summed E-state index contributed by atoms with van der Waals surface area (Å²) in [5.74, 6) is -0.240. The van der Waals surface area contributed by atoms with Crippen LogP contribution in [-0.4, -0.2) is 34.5 Å². The van der Waals surface area contributed by atoms with E-state index in [-0.39, 0.29) is 22.0 Å². The number of aryl methyl sites for hydroxylation is 1. The van der Waals surface area contributed by atoms with Crippen LogP contribution < -0.4 is 20.5 Å². The van der Waals surface area contributed by atoms with E-state index < -0.39 is 11.9 Å². The average molecular weight is 490 g/mol. The summed E-state index contributed by atoms with van der Waals surface area (Å²) >= 11 is 6.13. The first-order valence-electron chi connectivity index (χ1n) is 10.6. The Bertz CT molecular complexity index is 1400. The van der Waals surface area contributed by atoms with E-state index in [4.69, 9.17) is 11.6 Å². The molecule has 0 bridgehead atoms. The molecular formula is C23H19ClF3N5O2. The first-order valence-corrected chi connectivity index (χ1v) is 11.0. The van der Waals surface area contributed by atoms with Gasteiger partial charge in [-0.2, -0.15) is 5.26 Å². The minimum Gasteiger partial charge on any atom is -0.406 e. The van der Waals surface area contributed by atoms with Crippen LogP contribution in [0.1, 0.15) is 24.0 Å². The van der Waals surface area contributed by atoms with Crippen molar-refractivity contribution in [3.8, 4) is 11.8 Å². The van der Waals surface area contributed by atoms with Crippen molar-refractivity contribution in [1.29, 1.82) is 5.26 Å². The Kier molecular flexibility index (Phi) is 5.13. The molecule has 2 aliphatic heterocycles. The van der Waals surface area contributed by atoms with Gasteiger partial charge in [0, 0.05) is 31.4 Å². The van der Waals surface area contributed by atoms with Crippen molar-refractivity contribution < 1.29 is 17.9 Å². The lowest BCUT2D eigenvalue weighted by molar-refractivity contribution is -0.274. The van der Waals surface area contributed by atoms with Crippen LogP contribution in [0.5, 0.6) is 5.75 Å². The third-order valence-corrected chi connectivity index (χ3v) is 6.78. The van der Waals surface area contributed by atoms with Gasteiger partial charge in [-0.25, -0.2) is 4.98 Å². The van der Waals surface area contributed by atoms with Crippen molar-refractivity contribution in [1.82, 2.24) is 9.55 Å². The van der Waals surface area contributed by atoms with Gasteiger partial charge in [0.25, 0.3) is 5.56 Å². The molecule has 0 unspecified atom stereocenters. The molecule has 0 atom stereocenters. The van der Waals surface area contributed by atoms with E-state index in [0.717, 1.165) is 11.3 Å². The van der Waals surface area contributed by atoms with Crippen LogP contribution in [0.25, 0.3) is 11.0 Å². The molecule has 1 aromatic carbocycles. The summed E-state index contributed by atoms with van der Waals surface area (Å²) in [6.07, 6.45) is -2.88. The molecule has 1 saturated heterocycles. The standard InChI is InChI=1S/C23H19ClF3N5O2/c1-31-17-4-5-18(24)29-19(17)20(15(12-28)21(31)33)32-8-6-22(7-9-32)11-13-10-14(34-23(25,26)27)2-3-16(13)30-22/h2-5,10,30H,6-9,11H2,1H3. The van der Waals surface area contributed by atoms with E-state index >= 15 is 0 Å². The quantitative estimate of drug-likeness (QED) is 0.538. The zero-order valence-corrected chi connectivity index (χ0v) is 18.8. The smallest absolute Gasteiger partial charge is 0.406 e. The summed E-state index contributed by atoms with van der Waals surface area (Å²) in [6.45, 7) is 1.05. The molecule has 3 aromatic rings. The molecule has 2 aliphatic rings. The lowest BCUT2D eigenvalue weighted by Gasteiger charge is -2.41. The number of rotatable bonds is 2. The molecule has 176 valence electrons. The molecule has 11 heteroatoms. The fraction of sp³-hybridized carbons (Fsp3) is 0.348. The number of hydrogen-bond donors (Lipinski definition) is 1. The Labute approximate surface area is 197 Å². The van der Waals surface area contributed by atoms with Gasteiger partial charge in [-0.15, -0.1) is 13.2 Å². The topological polar surface area (TPSA) is 83.2 Å².